The molecular weight excluding hydrogens is 356 g/mol. The molecule has 0 saturated heterocycles. The van der Waals surface area contributed by atoms with E-state index >= 15 is 0 Å². The summed E-state index contributed by atoms with van der Waals surface area (Å²) in [6.07, 6.45) is 1.85. The van der Waals surface area contributed by atoms with Gasteiger partial charge < -0.3 is 4.74 Å². The third kappa shape index (κ3) is 5.11. The van der Waals surface area contributed by atoms with Crippen LogP contribution >= 0.6 is 0 Å². The lowest BCUT2D eigenvalue weighted by Gasteiger charge is -2.09. The van der Waals surface area contributed by atoms with Crippen molar-refractivity contribution in [2.75, 3.05) is 5.43 Å². The summed E-state index contributed by atoms with van der Waals surface area (Å²) in [7, 11) is 0. The van der Waals surface area contributed by atoms with Crippen molar-refractivity contribution in [3.05, 3.63) is 120 Å². The van der Waals surface area contributed by atoms with E-state index in [1.165, 1.54) is 0 Å². The molecule has 0 amide bonds. The molecule has 4 rings (SSSR count). The molecule has 0 atom stereocenters. The second-order valence-corrected chi connectivity index (χ2v) is 6.62. The van der Waals surface area contributed by atoms with Crippen LogP contribution in [0.25, 0.3) is 11.1 Å². The van der Waals surface area contributed by atoms with Crippen LogP contribution in [-0.4, -0.2) is 6.21 Å². The molecule has 3 nitrogen and oxygen atoms in total. The molecule has 4 aromatic rings. The third-order valence-corrected chi connectivity index (χ3v) is 4.55. The normalized spacial score (nSPS) is 10.8. The minimum Gasteiger partial charge on any atom is -0.489 e. The number of nitrogens with zero attached hydrogens (tertiary/aromatic N) is 1. The van der Waals surface area contributed by atoms with Crippen molar-refractivity contribution >= 4 is 11.9 Å². The number of nitrogens with one attached hydrogen (secondary N) is 1. The largest absolute Gasteiger partial charge is 0.489 e. The Morgan fingerprint density at radius 2 is 1.34 bits per heavy atom. The van der Waals surface area contributed by atoms with Crippen molar-refractivity contribution in [3.63, 3.8) is 0 Å². The number of benzene rings is 4. The first-order valence-corrected chi connectivity index (χ1v) is 9.59. The van der Waals surface area contributed by atoms with Crippen molar-refractivity contribution in [1.82, 2.24) is 0 Å². The van der Waals surface area contributed by atoms with Gasteiger partial charge in [-0.1, -0.05) is 84.9 Å². The summed E-state index contributed by atoms with van der Waals surface area (Å²) in [4.78, 5) is 0. The Morgan fingerprint density at radius 1 is 0.690 bits per heavy atom. The van der Waals surface area contributed by atoms with E-state index in [0.29, 0.717) is 6.61 Å². The minimum atomic E-state index is 0.564. The average molecular weight is 378 g/mol. The van der Waals surface area contributed by atoms with Crippen LogP contribution < -0.4 is 10.2 Å². The van der Waals surface area contributed by atoms with Crippen LogP contribution in [0.2, 0.25) is 0 Å². The maximum atomic E-state index is 5.89. The molecule has 0 unspecified atom stereocenters. The van der Waals surface area contributed by atoms with E-state index in [0.717, 1.165) is 33.7 Å². The highest BCUT2D eigenvalue weighted by Gasteiger charge is 2.04. The fraction of sp³-hybridized carbons (Fsp3) is 0.0385. The van der Waals surface area contributed by atoms with Crippen LogP contribution in [0.4, 0.5) is 5.69 Å². The third-order valence-electron chi connectivity index (χ3n) is 4.55. The van der Waals surface area contributed by atoms with E-state index in [9.17, 15) is 0 Å². The van der Waals surface area contributed by atoms with E-state index in [2.05, 4.69) is 46.9 Å². The fourth-order valence-corrected chi connectivity index (χ4v) is 3.03. The van der Waals surface area contributed by atoms with Gasteiger partial charge in [0.15, 0.2) is 0 Å². The molecule has 0 radical (unpaired) electrons. The number of anilines is 1. The quantitative estimate of drug-likeness (QED) is 0.299. The summed E-state index contributed by atoms with van der Waals surface area (Å²) < 4.78 is 5.89. The number of hydrogen-bond donors (Lipinski definition) is 1. The summed E-state index contributed by atoms with van der Waals surface area (Å²) in [5.74, 6) is 0.856. The minimum absolute atomic E-state index is 0.564. The molecule has 0 bridgehead atoms. The smallest absolute Gasteiger partial charge is 0.119 e. The summed E-state index contributed by atoms with van der Waals surface area (Å²) in [6.45, 7) is 0.564. The Labute approximate surface area is 171 Å². The molecule has 0 saturated carbocycles. The standard InChI is InChI=1S/C26H22N2O/c1-3-9-21(10-4-1)20-29-25-17-15-22(16-18-25)26-14-8-7-11-23(26)19-27-28-24-12-5-2-6-13-24/h1-19,28H,20H2. The second kappa shape index (κ2) is 9.38. The van der Waals surface area contributed by atoms with E-state index in [1.54, 1.807) is 0 Å². The Balaban J connectivity index is 1.45. The monoisotopic (exact) mass is 378 g/mol. The van der Waals surface area contributed by atoms with Gasteiger partial charge in [0.25, 0.3) is 0 Å². The van der Waals surface area contributed by atoms with Crippen molar-refractivity contribution in [2.24, 2.45) is 5.10 Å². The Hall–Kier alpha value is -3.85. The molecule has 0 aromatic heterocycles. The van der Waals surface area contributed by atoms with Gasteiger partial charge in [0.05, 0.1) is 11.9 Å². The van der Waals surface area contributed by atoms with Crippen molar-refractivity contribution in [3.8, 4) is 16.9 Å². The van der Waals surface area contributed by atoms with Gasteiger partial charge in [0, 0.05) is 5.56 Å². The van der Waals surface area contributed by atoms with Crippen molar-refractivity contribution < 1.29 is 4.74 Å². The molecule has 1 N–H and O–H groups in total. The maximum Gasteiger partial charge on any atom is 0.119 e. The van der Waals surface area contributed by atoms with Crippen LogP contribution in [0, 0.1) is 0 Å². The summed E-state index contributed by atoms with van der Waals surface area (Å²) in [5, 5.41) is 4.38. The van der Waals surface area contributed by atoms with E-state index < -0.39 is 0 Å². The second-order valence-electron chi connectivity index (χ2n) is 6.62. The summed E-state index contributed by atoms with van der Waals surface area (Å²) in [6, 6.07) is 36.5. The molecule has 0 aliphatic heterocycles. The summed E-state index contributed by atoms with van der Waals surface area (Å²) >= 11 is 0. The van der Waals surface area contributed by atoms with E-state index in [4.69, 9.17) is 4.74 Å². The fourth-order valence-electron chi connectivity index (χ4n) is 3.03. The van der Waals surface area contributed by atoms with Gasteiger partial charge in [0.2, 0.25) is 0 Å². The van der Waals surface area contributed by atoms with Crippen LogP contribution in [0.5, 0.6) is 5.75 Å². The van der Waals surface area contributed by atoms with Gasteiger partial charge in [-0.05, 0) is 41.0 Å². The lowest BCUT2D eigenvalue weighted by atomic mass is 10.0. The summed E-state index contributed by atoms with van der Waals surface area (Å²) in [5.41, 5.74) is 8.48. The zero-order valence-corrected chi connectivity index (χ0v) is 16.0. The predicted octanol–water partition coefficient (Wildman–Crippen LogP) is 6.38. The Bertz CT molecular complexity index is 1060. The highest BCUT2D eigenvalue weighted by molar-refractivity contribution is 5.90. The first-order valence-electron chi connectivity index (χ1n) is 9.59. The highest BCUT2D eigenvalue weighted by atomic mass is 16.5. The number of para-hydroxylation sites is 1. The topological polar surface area (TPSA) is 33.6 Å². The van der Waals surface area contributed by atoms with Crippen LogP contribution in [0.3, 0.4) is 0 Å². The molecule has 29 heavy (non-hydrogen) atoms. The van der Waals surface area contributed by atoms with E-state index in [-0.39, 0.29) is 0 Å². The Kier molecular flexibility index (Phi) is 5.99. The van der Waals surface area contributed by atoms with Gasteiger partial charge >= 0.3 is 0 Å². The molecule has 142 valence electrons. The number of hydrogen-bond acceptors (Lipinski definition) is 3. The van der Waals surface area contributed by atoms with Crippen molar-refractivity contribution in [1.29, 1.82) is 0 Å². The zero-order chi connectivity index (χ0) is 19.7. The van der Waals surface area contributed by atoms with Gasteiger partial charge in [-0.2, -0.15) is 5.10 Å². The van der Waals surface area contributed by atoms with Gasteiger partial charge in [-0.15, -0.1) is 0 Å². The zero-order valence-electron chi connectivity index (χ0n) is 16.0. The molecule has 0 aliphatic carbocycles. The lowest BCUT2D eigenvalue weighted by molar-refractivity contribution is 0.306. The number of hydrazone groups is 1. The maximum absolute atomic E-state index is 5.89. The Morgan fingerprint density at radius 3 is 2.10 bits per heavy atom. The molecule has 0 heterocycles. The van der Waals surface area contributed by atoms with Gasteiger partial charge in [-0.25, -0.2) is 0 Å². The molecule has 3 heteroatoms. The van der Waals surface area contributed by atoms with Gasteiger partial charge in [-0.3, -0.25) is 5.43 Å². The molecule has 0 fully saturated rings. The van der Waals surface area contributed by atoms with Crippen LogP contribution in [-0.2, 0) is 6.61 Å². The first-order chi connectivity index (χ1) is 14.4. The molecule has 0 spiro atoms. The van der Waals surface area contributed by atoms with Crippen LogP contribution in [0.1, 0.15) is 11.1 Å². The van der Waals surface area contributed by atoms with E-state index in [1.807, 2.05) is 79.0 Å². The number of rotatable bonds is 7. The SMILES string of the molecule is C(=NNc1ccccc1)c1ccccc1-c1ccc(OCc2ccccc2)cc1. The van der Waals surface area contributed by atoms with Gasteiger partial charge in [0.1, 0.15) is 12.4 Å². The molecule has 0 aliphatic rings. The highest BCUT2D eigenvalue weighted by Crippen LogP contribution is 2.25. The average Bonchev–Trinajstić information content (AvgIpc) is 2.80. The lowest BCUT2D eigenvalue weighted by Crippen LogP contribution is -1.95. The molecule has 4 aromatic carbocycles. The van der Waals surface area contributed by atoms with Crippen LogP contribution in [0.15, 0.2) is 114 Å². The number of ether oxygens (including phenoxy) is 1. The van der Waals surface area contributed by atoms with Crippen molar-refractivity contribution in [2.45, 2.75) is 6.61 Å². The molecular formula is C26H22N2O. The predicted molar refractivity (Wildman–Crippen MR) is 120 cm³/mol. The first kappa shape index (κ1) is 18.5.